The van der Waals surface area contributed by atoms with Gasteiger partial charge in [0.05, 0.1) is 25.4 Å². The smallest absolute Gasteiger partial charge is 0.0896 e. The molecule has 0 spiro atoms. The Morgan fingerprint density at radius 1 is 1.38 bits per heavy atom. The van der Waals surface area contributed by atoms with Gasteiger partial charge < -0.3 is 14.8 Å². The summed E-state index contributed by atoms with van der Waals surface area (Å²) in [6.07, 6.45) is 2.89. The van der Waals surface area contributed by atoms with Crippen molar-refractivity contribution < 1.29 is 9.47 Å². The van der Waals surface area contributed by atoms with E-state index in [4.69, 9.17) is 9.47 Å². The van der Waals surface area contributed by atoms with Crippen molar-refractivity contribution >= 4 is 0 Å². The number of rotatable bonds is 6. The van der Waals surface area contributed by atoms with E-state index in [0.29, 0.717) is 12.6 Å². The number of methoxy groups -OCH3 is 1. The molecule has 2 fully saturated rings. The topological polar surface area (TPSA) is 33.7 Å². The SMILES string of the molecule is CNCC1OCCN(C2CC2)C1c1cccc(COC)c1. The largest absolute Gasteiger partial charge is 0.380 e. The standard InChI is InChI=1S/C17H26N2O2/c1-18-11-16-17(19(8-9-21-16)15-6-7-15)14-5-3-4-13(10-14)12-20-2/h3-5,10,15-18H,6-9,11-12H2,1-2H3. The summed E-state index contributed by atoms with van der Waals surface area (Å²) in [5.41, 5.74) is 2.59. The molecule has 1 aromatic carbocycles. The van der Waals surface area contributed by atoms with Gasteiger partial charge in [-0.1, -0.05) is 24.3 Å². The number of hydrogen-bond acceptors (Lipinski definition) is 4. The summed E-state index contributed by atoms with van der Waals surface area (Å²) in [6, 6.07) is 9.89. The molecule has 1 N–H and O–H groups in total. The molecule has 1 saturated heterocycles. The van der Waals surface area contributed by atoms with Crippen LogP contribution in [0.15, 0.2) is 24.3 Å². The zero-order valence-electron chi connectivity index (χ0n) is 13.0. The fourth-order valence-corrected chi connectivity index (χ4v) is 3.38. The molecule has 1 saturated carbocycles. The Bertz CT molecular complexity index is 460. The first-order chi connectivity index (χ1) is 10.3. The van der Waals surface area contributed by atoms with Crippen LogP contribution < -0.4 is 5.32 Å². The fourth-order valence-electron chi connectivity index (χ4n) is 3.38. The number of likely N-dealkylation sites (N-methyl/N-ethyl adjacent to an activating group) is 1. The van der Waals surface area contributed by atoms with E-state index in [1.54, 1.807) is 7.11 Å². The van der Waals surface area contributed by atoms with Crippen LogP contribution in [0.1, 0.15) is 30.0 Å². The molecule has 1 aromatic rings. The lowest BCUT2D eigenvalue weighted by Crippen LogP contribution is -2.49. The molecule has 2 unspecified atom stereocenters. The lowest BCUT2D eigenvalue weighted by molar-refractivity contribution is -0.0740. The van der Waals surface area contributed by atoms with Crippen LogP contribution in [0.3, 0.4) is 0 Å². The molecular formula is C17H26N2O2. The minimum atomic E-state index is 0.224. The first-order valence-corrected chi connectivity index (χ1v) is 7.93. The van der Waals surface area contributed by atoms with Crippen LogP contribution in [0.5, 0.6) is 0 Å². The fraction of sp³-hybridized carbons (Fsp3) is 0.647. The average molecular weight is 290 g/mol. The lowest BCUT2D eigenvalue weighted by atomic mass is 9.96. The van der Waals surface area contributed by atoms with E-state index < -0.39 is 0 Å². The van der Waals surface area contributed by atoms with Gasteiger partial charge in [-0.3, -0.25) is 4.90 Å². The number of nitrogens with one attached hydrogen (secondary N) is 1. The lowest BCUT2D eigenvalue weighted by Gasteiger charge is -2.42. The van der Waals surface area contributed by atoms with Crippen LogP contribution >= 0.6 is 0 Å². The molecule has 1 heterocycles. The second kappa shape index (κ2) is 6.88. The number of hydrogen-bond donors (Lipinski definition) is 1. The monoisotopic (exact) mass is 290 g/mol. The van der Waals surface area contributed by atoms with E-state index in [1.165, 1.54) is 24.0 Å². The summed E-state index contributed by atoms with van der Waals surface area (Å²) < 4.78 is 11.3. The molecule has 1 aliphatic carbocycles. The molecule has 0 radical (unpaired) electrons. The van der Waals surface area contributed by atoms with Crippen molar-refractivity contribution in [3.05, 3.63) is 35.4 Å². The molecule has 4 heteroatoms. The summed E-state index contributed by atoms with van der Waals surface area (Å²) in [5.74, 6) is 0. The third kappa shape index (κ3) is 3.46. The van der Waals surface area contributed by atoms with Gasteiger partial charge in [0.15, 0.2) is 0 Å². The molecule has 3 rings (SSSR count). The van der Waals surface area contributed by atoms with Crippen LogP contribution in [0.4, 0.5) is 0 Å². The predicted octanol–water partition coefficient (Wildman–Crippen LogP) is 1.96. The van der Waals surface area contributed by atoms with Gasteiger partial charge in [-0.2, -0.15) is 0 Å². The van der Waals surface area contributed by atoms with Crippen molar-refractivity contribution in [3.63, 3.8) is 0 Å². The maximum atomic E-state index is 6.06. The zero-order valence-corrected chi connectivity index (χ0v) is 13.0. The summed E-state index contributed by atoms with van der Waals surface area (Å²) >= 11 is 0. The van der Waals surface area contributed by atoms with E-state index in [1.807, 2.05) is 7.05 Å². The van der Waals surface area contributed by atoms with Crippen molar-refractivity contribution in [1.82, 2.24) is 10.2 Å². The van der Waals surface area contributed by atoms with Crippen LogP contribution in [0.2, 0.25) is 0 Å². The highest BCUT2D eigenvalue weighted by Crippen LogP contribution is 2.38. The Hall–Kier alpha value is -0.940. The van der Waals surface area contributed by atoms with Gasteiger partial charge in [-0.15, -0.1) is 0 Å². The Kier molecular flexibility index (Phi) is 4.91. The number of morpholine rings is 1. The van der Waals surface area contributed by atoms with Crippen molar-refractivity contribution in [2.75, 3.05) is 33.9 Å². The minimum Gasteiger partial charge on any atom is -0.380 e. The zero-order chi connectivity index (χ0) is 14.7. The second-order valence-electron chi connectivity index (χ2n) is 6.06. The van der Waals surface area contributed by atoms with Crippen molar-refractivity contribution in [2.24, 2.45) is 0 Å². The average Bonchev–Trinajstić information content (AvgIpc) is 3.33. The van der Waals surface area contributed by atoms with Gasteiger partial charge in [-0.25, -0.2) is 0 Å². The van der Waals surface area contributed by atoms with Gasteiger partial charge in [-0.05, 0) is 31.0 Å². The normalized spacial score (nSPS) is 27.0. The van der Waals surface area contributed by atoms with Gasteiger partial charge in [0.1, 0.15) is 0 Å². The molecule has 0 bridgehead atoms. The third-order valence-corrected chi connectivity index (χ3v) is 4.42. The molecule has 2 atom stereocenters. The quantitative estimate of drug-likeness (QED) is 0.868. The van der Waals surface area contributed by atoms with E-state index in [2.05, 4.69) is 34.5 Å². The maximum Gasteiger partial charge on any atom is 0.0896 e. The highest BCUT2D eigenvalue weighted by Gasteiger charge is 2.40. The highest BCUT2D eigenvalue weighted by atomic mass is 16.5. The summed E-state index contributed by atoms with van der Waals surface area (Å²) in [6.45, 7) is 3.45. The van der Waals surface area contributed by atoms with Gasteiger partial charge >= 0.3 is 0 Å². The molecule has 21 heavy (non-hydrogen) atoms. The van der Waals surface area contributed by atoms with E-state index in [-0.39, 0.29) is 6.10 Å². The van der Waals surface area contributed by atoms with Crippen LogP contribution in [0.25, 0.3) is 0 Å². The minimum absolute atomic E-state index is 0.224. The summed E-state index contributed by atoms with van der Waals surface area (Å²) in [5, 5.41) is 3.28. The van der Waals surface area contributed by atoms with E-state index in [0.717, 1.165) is 25.7 Å². The van der Waals surface area contributed by atoms with Crippen molar-refractivity contribution in [2.45, 2.75) is 37.6 Å². The highest BCUT2D eigenvalue weighted by molar-refractivity contribution is 5.27. The summed E-state index contributed by atoms with van der Waals surface area (Å²) in [4.78, 5) is 2.65. The number of benzene rings is 1. The van der Waals surface area contributed by atoms with Crippen molar-refractivity contribution in [1.29, 1.82) is 0 Å². The van der Waals surface area contributed by atoms with Gasteiger partial charge in [0.2, 0.25) is 0 Å². The Balaban J connectivity index is 1.86. The van der Waals surface area contributed by atoms with Crippen LogP contribution in [0, 0.1) is 0 Å². The van der Waals surface area contributed by atoms with Crippen LogP contribution in [-0.2, 0) is 16.1 Å². The van der Waals surface area contributed by atoms with Gasteiger partial charge in [0, 0.05) is 26.2 Å². The molecule has 0 amide bonds. The Morgan fingerprint density at radius 2 is 2.24 bits per heavy atom. The molecule has 2 aliphatic rings. The maximum absolute atomic E-state index is 6.06. The van der Waals surface area contributed by atoms with Crippen molar-refractivity contribution in [3.8, 4) is 0 Å². The molecule has 116 valence electrons. The predicted molar refractivity (Wildman–Crippen MR) is 83.3 cm³/mol. The summed E-state index contributed by atoms with van der Waals surface area (Å²) in [7, 11) is 3.74. The van der Waals surface area contributed by atoms with E-state index in [9.17, 15) is 0 Å². The number of ether oxygens (including phenoxy) is 2. The van der Waals surface area contributed by atoms with E-state index >= 15 is 0 Å². The molecule has 1 aliphatic heterocycles. The van der Waals surface area contributed by atoms with Crippen LogP contribution in [-0.4, -0.2) is 50.9 Å². The third-order valence-electron chi connectivity index (χ3n) is 4.42. The molecular weight excluding hydrogens is 264 g/mol. The number of nitrogens with zero attached hydrogens (tertiary/aromatic N) is 1. The first kappa shape index (κ1) is 15.0. The Labute approximate surface area is 127 Å². The molecule has 0 aromatic heterocycles. The van der Waals surface area contributed by atoms with Gasteiger partial charge in [0.25, 0.3) is 0 Å². The first-order valence-electron chi connectivity index (χ1n) is 7.93. The second-order valence-corrected chi connectivity index (χ2v) is 6.06. The molecule has 4 nitrogen and oxygen atoms in total. The Morgan fingerprint density at radius 3 is 2.95 bits per heavy atom.